The van der Waals surface area contributed by atoms with Gasteiger partial charge in [-0.05, 0) is 30.0 Å². The zero-order valence-corrected chi connectivity index (χ0v) is 19.7. The van der Waals surface area contributed by atoms with Crippen molar-refractivity contribution in [3.8, 4) is 11.4 Å². The number of aromatic amines is 1. The molecule has 31 heavy (non-hydrogen) atoms. The van der Waals surface area contributed by atoms with Crippen molar-refractivity contribution in [2.24, 2.45) is 0 Å². The monoisotopic (exact) mass is 422 g/mol. The largest absolute Gasteiger partial charge is 0.496 e. The maximum Gasteiger partial charge on any atom is 0.332 e. The zero-order valence-electron chi connectivity index (χ0n) is 19.7. The highest BCUT2D eigenvalue weighted by molar-refractivity contribution is 5.67. The minimum Gasteiger partial charge on any atom is -0.496 e. The first-order valence-electron chi connectivity index (χ1n) is 10.4. The topological polar surface area (TPSA) is 64.1 Å². The SMILES string of the molecule is C=C/C=C(\C=C/C)/C=C/c1cc(-n2ccc(=O)[nH]c2=O)cc(C(C)(C)C)c1OC.CC. The van der Waals surface area contributed by atoms with Gasteiger partial charge >= 0.3 is 5.69 Å². The van der Waals surface area contributed by atoms with Crippen LogP contribution in [0.25, 0.3) is 11.8 Å². The third-order valence-corrected chi connectivity index (χ3v) is 4.34. The van der Waals surface area contributed by atoms with Crippen LogP contribution in [-0.2, 0) is 5.41 Å². The molecule has 0 aliphatic carbocycles. The Bertz CT molecular complexity index is 1090. The fraction of sp³-hybridized carbons (Fsp3) is 0.308. The average Bonchev–Trinajstić information content (AvgIpc) is 2.72. The molecule has 0 aliphatic rings. The Balaban J connectivity index is 0.00000233. The van der Waals surface area contributed by atoms with E-state index < -0.39 is 11.2 Å². The lowest BCUT2D eigenvalue weighted by molar-refractivity contribution is 0.396. The number of hydrogen-bond donors (Lipinski definition) is 1. The maximum absolute atomic E-state index is 12.3. The summed E-state index contributed by atoms with van der Waals surface area (Å²) in [5.74, 6) is 0.744. The number of allylic oxidation sites excluding steroid dienone is 6. The van der Waals surface area contributed by atoms with Crippen LogP contribution in [0.5, 0.6) is 5.75 Å². The van der Waals surface area contributed by atoms with Gasteiger partial charge in [0.05, 0.1) is 12.8 Å². The zero-order chi connectivity index (χ0) is 23.6. The van der Waals surface area contributed by atoms with Gasteiger partial charge < -0.3 is 4.74 Å². The molecule has 0 amide bonds. The van der Waals surface area contributed by atoms with Crippen molar-refractivity contribution in [2.45, 2.75) is 47.0 Å². The second kappa shape index (κ2) is 11.7. The highest BCUT2D eigenvalue weighted by Crippen LogP contribution is 2.36. The smallest absolute Gasteiger partial charge is 0.332 e. The molecule has 5 nitrogen and oxygen atoms in total. The van der Waals surface area contributed by atoms with Crippen LogP contribution >= 0.6 is 0 Å². The van der Waals surface area contributed by atoms with Gasteiger partial charge in [-0.15, -0.1) is 0 Å². The fourth-order valence-corrected chi connectivity index (χ4v) is 2.98. The molecule has 0 saturated carbocycles. The molecule has 2 rings (SSSR count). The second-order valence-electron chi connectivity index (χ2n) is 7.58. The number of aromatic nitrogens is 2. The van der Waals surface area contributed by atoms with E-state index in [1.54, 1.807) is 13.2 Å². The Labute approximate surface area is 185 Å². The van der Waals surface area contributed by atoms with Crippen molar-refractivity contribution in [3.63, 3.8) is 0 Å². The molecule has 0 atom stereocenters. The summed E-state index contributed by atoms with van der Waals surface area (Å²) in [5, 5.41) is 0. The summed E-state index contributed by atoms with van der Waals surface area (Å²) >= 11 is 0. The lowest BCUT2D eigenvalue weighted by Crippen LogP contribution is -2.28. The van der Waals surface area contributed by atoms with Crippen LogP contribution in [0.4, 0.5) is 0 Å². The Morgan fingerprint density at radius 3 is 2.35 bits per heavy atom. The predicted molar refractivity (Wildman–Crippen MR) is 131 cm³/mol. The molecule has 2 aromatic rings. The molecular formula is C26H34N2O3. The Kier molecular flexibility index (Phi) is 9.74. The first kappa shape index (κ1) is 25.7. The van der Waals surface area contributed by atoms with Crippen LogP contribution in [-0.4, -0.2) is 16.7 Å². The lowest BCUT2D eigenvalue weighted by Gasteiger charge is -2.25. The highest BCUT2D eigenvalue weighted by Gasteiger charge is 2.22. The van der Waals surface area contributed by atoms with Crippen LogP contribution < -0.4 is 16.0 Å². The highest BCUT2D eigenvalue weighted by atomic mass is 16.5. The minimum atomic E-state index is -0.487. The summed E-state index contributed by atoms with van der Waals surface area (Å²) in [6.45, 7) is 16.0. The molecule has 166 valence electrons. The van der Waals surface area contributed by atoms with E-state index in [4.69, 9.17) is 4.74 Å². The van der Waals surface area contributed by atoms with E-state index in [-0.39, 0.29) is 5.41 Å². The molecule has 0 saturated heterocycles. The van der Waals surface area contributed by atoms with Crippen molar-refractivity contribution >= 4 is 6.08 Å². The van der Waals surface area contributed by atoms with Crippen LogP contribution in [0.15, 0.2) is 76.5 Å². The van der Waals surface area contributed by atoms with E-state index in [2.05, 4.69) is 32.3 Å². The number of nitrogens with one attached hydrogen (secondary N) is 1. The normalized spacial score (nSPS) is 12.0. The van der Waals surface area contributed by atoms with Crippen LogP contribution in [0, 0.1) is 0 Å². The first-order chi connectivity index (χ1) is 14.7. The molecule has 1 N–H and O–H groups in total. The van der Waals surface area contributed by atoms with Crippen LogP contribution in [0.1, 0.15) is 52.7 Å². The second-order valence-corrected chi connectivity index (χ2v) is 7.58. The summed E-state index contributed by atoms with van der Waals surface area (Å²) < 4.78 is 7.16. The summed E-state index contributed by atoms with van der Waals surface area (Å²) in [6, 6.07) is 5.11. The van der Waals surface area contributed by atoms with E-state index >= 15 is 0 Å². The quantitative estimate of drug-likeness (QED) is 0.620. The average molecular weight is 423 g/mol. The molecule has 5 heteroatoms. The van der Waals surface area contributed by atoms with Crippen molar-refractivity contribution < 1.29 is 4.74 Å². The van der Waals surface area contributed by atoms with Crippen LogP contribution in [0.2, 0.25) is 0 Å². The van der Waals surface area contributed by atoms with E-state index in [1.807, 2.05) is 63.3 Å². The predicted octanol–water partition coefficient (Wildman–Crippen LogP) is 5.56. The summed E-state index contributed by atoms with van der Waals surface area (Å²) in [6.07, 6.45) is 13.0. The van der Waals surface area contributed by atoms with E-state index in [1.165, 1.54) is 16.8 Å². The number of benzene rings is 1. The molecule has 0 spiro atoms. The van der Waals surface area contributed by atoms with E-state index in [9.17, 15) is 9.59 Å². The number of methoxy groups -OCH3 is 1. The number of hydrogen-bond acceptors (Lipinski definition) is 3. The summed E-state index contributed by atoms with van der Waals surface area (Å²) in [4.78, 5) is 26.1. The Morgan fingerprint density at radius 1 is 1.16 bits per heavy atom. The van der Waals surface area contributed by atoms with Crippen molar-refractivity contribution in [1.82, 2.24) is 9.55 Å². The van der Waals surface area contributed by atoms with Crippen molar-refractivity contribution in [3.05, 3.63) is 98.9 Å². The van der Waals surface area contributed by atoms with Gasteiger partial charge in [-0.1, -0.05) is 77.7 Å². The van der Waals surface area contributed by atoms with Gasteiger partial charge in [0, 0.05) is 23.4 Å². The summed E-state index contributed by atoms with van der Waals surface area (Å²) in [5.41, 5.74) is 2.27. The third-order valence-electron chi connectivity index (χ3n) is 4.34. The van der Waals surface area contributed by atoms with Crippen LogP contribution in [0.3, 0.4) is 0 Å². The molecule has 0 bridgehead atoms. The maximum atomic E-state index is 12.3. The van der Waals surface area contributed by atoms with E-state index in [0.717, 1.165) is 22.4 Å². The molecule has 0 fully saturated rings. The Hall–Kier alpha value is -3.34. The van der Waals surface area contributed by atoms with Gasteiger partial charge in [0.15, 0.2) is 0 Å². The molecule has 0 unspecified atom stereocenters. The van der Waals surface area contributed by atoms with Gasteiger partial charge in [-0.3, -0.25) is 14.3 Å². The van der Waals surface area contributed by atoms with Gasteiger partial charge in [0.2, 0.25) is 0 Å². The molecule has 0 aliphatic heterocycles. The van der Waals surface area contributed by atoms with Gasteiger partial charge in [-0.25, -0.2) is 4.79 Å². The van der Waals surface area contributed by atoms with Crippen molar-refractivity contribution in [1.29, 1.82) is 0 Å². The van der Waals surface area contributed by atoms with Gasteiger partial charge in [-0.2, -0.15) is 0 Å². The van der Waals surface area contributed by atoms with Gasteiger partial charge in [0.25, 0.3) is 5.56 Å². The lowest BCUT2D eigenvalue weighted by atomic mass is 9.84. The Morgan fingerprint density at radius 2 is 1.84 bits per heavy atom. The third kappa shape index (κ3) is 6.85. The number of H-pyrrole nitrogens is 1. The van der Waals surface area contributed by atoms with E-state index in [0.29, 0.717) is 5.69 Å². The molecule has 1 aromatic carbocycles. The minimum absolute atomic E-state index is 0.223. The number of nitrogens with zero attached hydrogens (tertiary/aromatic N) is 1. The number of ether oxygens (including phenoxy) is 1. The first-order valence-corrected chi connectivity index (χ1v) is 10.4. The fourth-order valence-electron chi connectivity index (χ4n) is 2.98. The summed E-state index contributed by atoms with van der Waals surface area (Å²) in [7, 11) is 1.64. The molecule has 1 aromatic heterocycles. The standard InChI is InChI=1S/C24H28N2O3.C2H6/c1-7-9-17(10-8-2)11-12-18-15-19(26-14-13-21(27)25-23(26)28)16-20(22(18)29-6)24(3,4)5;1-2/h7-16H,1H2,2-6H3,(H,25,27,28);1-2H3/b10-8-,12-11+,17-9+;. The van der Waals surface area contributed by atoms with Gasteiger partial charge in [0.1, 0.15) is 5.75 Å². The number of rotatable bonds is 6. The molecule has 1 heterocycles. The van der Waals surface area contributed by atoms with Crippen molar-refractivity contribution in [2.75, 3.05) is 7.11 Å². The molecular weight excluding hydrogens is 388 g/mol. The molecule has 0 radical (unpaired) electrons.